The smallest absolute Gasteiger partial charge is 0.306 e. The molecule has 1 heterocycles. The van der Waals surface area contributed by atoms with Gasteiger partial charge in [-0.1, -0.05) is 18.2 Å². The molecule has 2 fully saturated rings. The third-order valence-electron chi connectivity index (χ3n) is 4.68. The number of benzene rings is 1. The van der Waals surface area contributed by atoms with E-state index in [4.69, 9.17) is 0 Å². The van der Waals surface area contributed by atoms with Crippen molar-refractivity contribution in [2.24, 2.45) is 11.8 Å². The van der Waals surface area contributed by atoms with E-state index in [9.17, 15) is 13.2 Å². The lowest BCUT2D eigenvalue weighted by Gasteiger charge is -2.20. The van der Waals surface area contributed by atoms with Gasteiger partial charge in [-0.05, 0) is 49.3 Å². The molecule has 0 N–H and O–H groups in total. The monoisotopic (exact) mass is 269 g/mol. The zero-order valence-electron chi connectivity index (χ0n) is 11.0. The third-order valence-corrected chi connectivity index (χ3v) is 4.68. The van der Waals surface area contributed by atoms with Gasteiger partial charge in [0.25, 0.3) is 0 Å². The molecule has 0 aromatic heterocycles. The summed E-state index contributed by atoms with van der Waals surface area (Å²) in [6.45, 7) is 2.12. The van der Waals surface area contributed by atoms with Crippen molar-refractivity contribution in [2.45, 2.75) is 24.9 Å². The molecule has 3 rings (SSSR count). The quantitative estimate of drug-likeness (QED) is 0.750. The Hall–Kier alpha value is -1.03. The van der Waals surface area contributed by atoms with Crippen LogP contribution in [0.25, 0.3) is 0 Å². The van der Waals surface area contributed by atoms with Crippen LogP contribution in [-0.2, 0) is 6.18 Å². The van der Waals surface area contributed by atoms with E-state index in [1.165, 1.54) is 6.07 Å². The zero-order chi connectivity index (χ0) is 13.6. The topological polar surface area (TPSA) is 3.24 Å². The number of alkyl halides is 3. The van der Waals surface area contributed by atoms with Gasteiger partial charge in [-0.25, -0.2) is 0 Å². The fraction of sp³-hybridized carbons (Fsp3) is 0.600. The number of likely N-dealkylation sites (tertiary alicyclic amines) is 1. The molecule has 0 spiro atoms. The van der Waals surface area contributed by atoms with Crippen molar-refractivity contribution in [2.75, 3.05) is 20.1 Å². The highest BCUT2D eigenvalue weighted by molar-refractivity contribution is 5.30. The van der Waals surface area contributed by atoms with Gasteiger partial charge >= 0.3 is 6.18 Å². The molecule has 1 aromatic rings. The van der Waals surface area contributed by atoms with Crippen molar-refractivity contribution in [3.05, 3.63) is 35.4 Å². The molecular weight excluding hydrogens is 251 g/mol. The summed E-state index contributed by atoms with van der Waals surface area (Å²) in [6, 6.07) is 5.92. The van der Waals surface area contributed by atoms with E-state index >= 15 is 0 Å². The lowest BCUT2D eigenvalue weighted by atomic mass is 9.86. The summed E-state index contributed by atoms with van der Waals surface area (Å²) in [5, 5.41) is 0. The number of hydrogen-bond donors (Lipinski definition) is 0. The van der Waals surface area contributed by atoms with E-state index in [0.29, 0.717) is 17.8 Å². The second kappa shape index (κ2) is 4.51. The molecule has 3 atom stereocenters. The van der Waals surface area contributed by atoms with Gasteiger partial charge in [0.2, 0.25) is 0 Å². The van der Waals surface area contributed by atoms with Crippen molar-refractivity contribution in [1.82, 2.24) is 4.90 Å². The van der Waals surface area contributed by atoms with Crippen LogP contribution < -0.4 is 0 Å². The van der Waals surface area contributed by atoms with Crippen LogP contribution >= 0.6 is 0 Å². The molecule has 1 aliphatic carbocycles. The second-order valence-corrected chi connectivity index (χ2v) is 5.95. The number of halogens is 3. The maximum absolute atomic E-state index is 12.8. The van der Waals surface area contributed by atoms with Crippen LogP contribution in [0.1, 0.15) is 29.9 Å². The van der Waals surface area contributed by atoms with Gasteiger partial charge in [-0.3, -0.25) is 0 Å². The minimum atomic E-state index is -4.24. The Morgan fingerprint density at radius 2 is 1.95 bits per heavy atom. The molecule has 0 amide bonds. The summed E-state index contributed by atoms with van der Waals surface area (Å²) in [4.78, 5) is 2.30. The first-order valence-corrected chi connectivity index (χ1v) is 6.81. The van der Waals surface area contributed by atoms with Gasteiger partial charge in [0.1, 0.15) is 0 Å². The van der Waals surface area contributed by atoms with Gasteiger partial charge < -0.3 is 4.90 Å². The standard InChI is InChI=1S/C15H18F3N/c1-19-8-11-5-6-13(14(11)9-19)10-3-2-4-12(7-10)15(16,17)18/h2-4,7,11,13-14H,5-6,8-9H2,1H3/t11-,13+,14+/m0/s1. The minimum absolute atomic E-state index is 0.303. The zero-order valence-corrected chi connectivity index (χ0v) is 11.0. The Morgan fingerprint density at radius 1 is 1.16 bits per heavy atom. The average molecular weight is 269 g/mol. The largest absolute Gasteiger partial charge is 0.416 e. The molecule has 1 nitrogen and oxygen atoms in total. The molecule has 0 unspecified atom stereocenters. The predicted molar refractivity (Wildman–Crippen MR) is 67.9 cm³/mol. The van der Waals surface area contributed by atoms with E-state index in [-0.39, 0.29) is 0 Å². The Morgan fingerprint density at radius 3 is 2.68 bits per heavy atom. The molecule has 0 bridgehead atoms. The summed E-state index contributed by atoms with van der Waals surface area (Å²) in [7, 11) is 2.10. The fourth-order valence-corrected chi connectivity index (χ4v) is 3.85. The molecule has 1 aliphatic heterocycles. The minimum Gasteiger partial charge on any atom is -0.306 e. The SMILES string of the molecule is CN1C[C@@H]2CC[C@H](c3cccc(C(F)(F)F)c3)[C@@H]2C1. The number of nitrogens with zero attached hydrogens (tertiary/aromatic N) is 1. The summed E-state index contributed by atoms with van der Waals surface area (Å²) < 4.78 is 38.3. The van der Waals surface area contributed by atoms with Gasteiger partial charge in [-0.2, -0.15) is 13.2 Å². The van der Waals surface area contributed by atoms with Crippen LogP contribution in [0.2, 0.25) is 0 Å². The molecular formula is C15H18F3N. The maximum atomic E-state index is 12.8. The molecule has 1 aromatic carbocycles. The molecule has 1 saturated heterocycles. The van der Waals surface area contributed by atoms with Crippen molar-refractivity contribution >= 4 is 0 Å². The second-order valence-electron chi connectivity index (χ2n) is 5.95. The van der Waals surface area contributed by atoms with Crippen molar-refractivity contribution in [1.29, 1.82) is 0 Å². The average Bonchev–Trinajstić information content (AvgIpc) is 2.86. The van der Waals surface area contributed by atoms with E-state index in [2.05, 4.69) is 11.9 Å². The Balaban J connectivity index is 1.87. The van der Waals surface area contributed by atoms with Crippen LogP contribution in [0.5, 0.6) is 0 Å². The van der Waals surface area contributed by atoms with Gasteiger partial charge in [0.05, 0.1) is 5.56 Å². The lowest BCUT2D eigenvalue weighted by Crippen LogP contribution is -2.18. The van der Waals surface area contributed by atoms with Crippen molar-refractivity contribution in [3.8, 4) is 0 Å². The van der Waals surface area contributed by atoms with Crippen LogP contribution in [0.15, 0.2) is 24.3 Å². The normalized spacial score (nSPS) is 31.7. The van der Waals surface area contributed by atoms with Crippen LogP contribution in [-0.4, -0.2) is 25.0 Å². The fourth-order valence-electron chi connectivity index (χ4n) is 3.85. The van der Waals surface area contributed by atoms with E-state index < -0.39 is 11.7 Å². The highest BCUT2D eigenvalue weighted by atomic mass is 19.4. The van der Waals surface area contributed by atoms with Crippen LogP contribution in [0.3, 0.4) is 0 Å². The number of fused-ring (bicyclic) bond motifs is 1. The summed E-state index contributed by atoms with van der Waals surface area (Å²) >= 11 is 0. The molecule has 1 saturated carbocycles. The molecule has 104 valence electrons. The number of rotatable bonds is 1. The van der Waals surface area contributed by atoms with E-state index in [0.717, 1.165) is 37.6 Å². The number of hydrogen-bond acceptors (Lipinski definition) is 1. The van der Waals surface area contributed by atoms with Crippen LogP contribution in [0, 0.1) is 11.8 Å². The summed E-state index contributed by atoms with van der Waals surface area (Å²) in [6.07, 6.45) is -2.05. The van der Waals surface area contributed by atoms with E-state index in [1.54, 1.807) is 6.07 Å². The van der Waals surface area contributed by atoms with Crippen molar-refractivity contribution in [3.63, 3.8) is 0 Å². The Kier molecular flexibility index (Phi) is 3.08. The van der Waals surface area contributed by atoms with Gasteiger partial charge in [0, 0.05) is 13.1 Å². The molecule has 4 heteroatoms. The molecule has 2 aliphatic rings. The van der Waals surface area contributed by atoms with Crippen LogP contribution in [0.4, 0.5) is 13.2 Å². The molecule has 19 heavy (non-hydrogen) atoms. The Bertz CT molecular complexity index is 469. The van der Waals surface area contributed by atoms with Gasteiger partial charge in [0.15, 0.2) is 0 Å². The highest BCUT2D eigenvalue weighted by Crippen LogP contribution is 2.47. The Labute approximate surface area is 111 Å². The predicted octanol–water partition coefficient (Wildman–Crippen LogP) is 3.76. The first-order chi connectivity index (χ1) is 8.95. The third kappa shape index (κ3) is 2.38. The summed E-state index contributed by atoms with van der Waals surface area (Å²) in [5.41, 5.74) is 0.359. The lowest BCUT2D eigenvalue weighted by molar-refractivity contribution is -0.137. The summed E-state index contributed by atoms with van der Waals surface area (Å²) in [5.74, 6) is 1.51. The highest BCUT2D eigenvalue weighted by Gasteiger charge is 2.42. The first kappa shape index (κ1) is 13.0. The first-order valence-electron chi connectivity index (χ1n) is 6.81. The van der Waals surface area contributed by atoms with Gasteiger partial charge in [-0.15, -0.1) is 0 Å². The molecule has 0 radical (unpaired) electrons. The van der Waals surface area contributed by atoms with E-state index in [1.807, 2.05) is 6.07 Å². The van der Waals surface area contributed by atoms with Crippen molar-refractivity contribution < 1.29 is 13.2 Å². The maximum Gasteiger partial charge on any atom is 0.416 e.